The molecule has 5 rings (SSSR count). The molecular formula is C23H25N3O4. The number of furan rings is 1. The molecule has 2 N–H and O–H groups in total. The summed E-state index contributed by atoms with van der Waals surface area (Å²) in [6.45, 7) is 5.75. The number of piperazine rings is 1. The molecule has 156 valence electrons. The standard InChI is InChI=1S/C23H25N3O4/c27-22-4-3-18(23(28)25-22)20-14-30-21-13-15-1-2-17(11-16(15)12-19(20)21)29-10-9-26-7-5-24-6-8-26/h1-2,11-14,18,24H,3-10H2,(H,25,27,28)/t18-/m1/s1. The van der Waals surface area contributed by atoms with E-state index in [1.54, 1.807) is 6.26 Å². The van der Waals surface area contributed by atoms with Crippen molar-refractivity contribution in [2.24, 2.45) is 0 Å². The Bertz CT molecular complexity index is 1100. The second-order valence-electron chi connectivity index (χ2n) is 7.99. The third kappa shape index (κ3) is 3.78. The van der Waals surface area contributed by atoms with E-state index in [2.05, 4.69) is 21.6 Å². The number of benzene rings is 2. The molecule has 3 aromatic rings. The fourth-order valence-electron chi connectivity index (χ4n) is 4.35. The Morgan fingerprint density at radius 3 is 2.80 bits per heavy atom. The molecule has 2 fully saturated rings. The summed E-state index contributed by atoms with van der Waals surface area (Å²) in [4.78, 5) is 26.2. The van der Waals surface area contributed by atoms with Gasteiger partial charge in [-0.05, 0) is 41.5 Å². The van der Waals surface area contributed by atoms with Crippen molar-refractivity contribution in [1.82, 2.24) is 15.5 Å². The lowest BCUT2D eigenvalue weighted by molar-refractivity contribution is -0.134. The summed E-state index contributed by atoms with van der Waals surface area (Å²) >= 11 is 0. The van der Waals surface area contributed by atoms with Crippen LogP contribution in [0, 0.1) is 0 Å². The van der Waals surface area contributed by atoms with E-state index in [1.165, 1.54) is 0 Å². The maximum absolute atomic E-state index is 12.3. The van der Waals surface area contributed by atoms with Gasteiger partial charge < -0.3 is 14.5 Å². The Morgan fingerprint density at radius 1 is 1.10 bits per heavy atom. The third-order valence-electron chi connectivity index (χ3n) is 6.03. The minimum absolute atomic E-state index is 0.211. The highest BCUT2D eigenvalue weighted by Gasteiger charge is 2.30. The first-order valence-electron chi connectivity index (χ1n) is 10.5. The fraction of sp³-hybridized carbons (Fsp3) is 0.391. The molecular weight excluding hydrogens is 382 g/mol. The van der Waals surface area contributed by atoms with Gasteiger partial charge in [0.05, 0.1) is 12.2 Å². The van der Waals surface area contributed by atoms with Gasteiger partial charge in [0.1, 0.15) is 17.9 Å². The van der Waals surface area contributed by atoms with Gasteiger partial charge in [-0.2, -0.15) is 0 Å². The van der Waals surface area contributed by atoms with Crippen LogP contribution in [-0.4, -0.2) is 56.0 Å². The van der Waals surface area contributed by atoms with Gasteiger partial charge in [0.25, 0.3) is 0 Å². The summed E-state index contributed by atoms with van der Waals surface area (Å²) in [5, 5.41) is 8.80. The summed E-state index contributed by atoms with van der Waals surface area (Å²) in [6, 6.07) is 10.1. The van der Waals surface area contributed by atoms with Crippen LogP contribution in [0.15, 0.2) is 41.0 Å². The lowest BCUT2D eigenvalue weighted by Gasteiger charge is -2.26. The van der Waals surface area contributed by atoms with E-state index in [4.69, 9.17) is 9.15 Å². The number of carbonyl (C=O) groups excluding carboxylic acids is 2. The number of nitrogens with one attached hydrogen (secondary N) is 2. The largest absolute Gasteiger partial charge is 0.492 e. The number of amides is 2. The number of fused-ring (bicyclic) bond motifs is 2. The van der Waals surface area contributed by atoms with Gasteiger partial charge in [-0.1, -0.05) is 6.07 Å². The third-order valence-corrected chi connectivity index (χ3v) is 6.03. The molecule has 2 aliphatic rings. The van der Waals surface area contributed by atoms with Crippen LogP contribution in [-0.2, 0) is 9.59 Å². The Kier molecular flexibility index (Phi) is 5.14. The molecule has 0 radical (unpaired) electrons. The van der Waals surface area contributed by atoms with Crippen LogP contribution >= 0.6 is 0 Å². The normalized spacial score (nSPS) is 20.6. The molecule has 0 spiro atoms. The molecule has 30 heavy (non-hydrogen) atoms. The summed E-state index contributed by atoms with van der Waals surface area (Å²) in [5.74, 6) is 0.0130. The van der Waals surface area contributed by atoms with E-state index in [9.17, 15) is 9.59 Å². The number of ether oxygens (including phenoxy) is 1. The van der Waals surface area contributed by atoms with Gasteiger partial charge in [-0.25, -0.2) is 0 Å². The van der Waals surface area contributed by atoms with Crippen LogP contribution in [0.2, 0.25) is 0 Å². The molecule has 2 aliphatic heterocycles. The highest BCUT2D eigenvalue weighted by molar-refractivity contribution is 6.04. The summed E-state index contributed by atoms with van der Waals surface area (Å²) in [5.41, 5.74) is 1.58. The lowest BCUT2D eigenvalue weighted by atomic mass is 9.90. The number of nitrogens with zero attached hydrogens (tertiary/aromatic N) is 1. The molecule has 7 heteroatoms. The van der Waals surface area contributed by atoms with Crippen molar-refractivity contribution in [3.63, 3.8) is 0 Å². The molecule has 0 bridgehead atoms. The van der Waals surface area contributed by atoms with Crippen LogP contribution in [0.1, 0.15) is 24.3 Å². The van der Waals surface area contributed by atoms with Crippen LogP contribution in [0.5, 0.6) is 5.75 Å². The maximum atomic E-state index is 12.3. The number of piperidine rings is 1. The molecule has 1 aromatic heterocycles. The predicted octanol–water partition coefficient (Wildman–Crippen LogP) is 2.39. The van der Waals surface area contributed by atoms with Crippen LogP contribution in [0.4, 0.5) is 0 Å². The minimum Gasteiger partial charge on any atom is -0.492 e. The maximum Gasteiger partial charge on any atom is 0.234 e. The van der Waals surface area contributed by atoms with Gasteiger partial charge in [0.2, 0.25) is 11.8 Å². The van der Waals surface area contributed by atoms with Crippen molar-refractivity contribution < 1.29 is 18.7 Å². The summed E-state index contributed by atoms with van der Waals surface area (Å²) in [6.07, 6.45) is 2.50. The van der Waals surface area contributed by atoms with E-state index in [0.717, 1.165) is 65.8 Å². The van der Waals surface area contributed by atoms with E-state index in [1.807, 2.05) is 24.3 Å². The molecule has 0 aliphatic carbocycles. The van der Waals surface area contributed by atoms with Crippen LogP contribution in [0.3, 0.4) is 0 Å². The van der Waals surface area contributed by atoms with Crippen molar-refractivity contribution in [2.45, 2.75) is 18.8 Å². The zero-order valence-electron chi connectivity index (χ0n) is 16.8. The minimum atomic E-state index is -0.361. The molecule has 3 heterocycles. The average Bonchev–Trinajstić information content (AvgIpc) is 3.15. The highest BCUT2D eigenvalue weighted by atomic mass is 16.5. The van der Waals surface area contributed by atoms with Crippen LogP contribution in [0.25, 0.3) is 21.7 Å². The lowest BCUT2D eigenvalue weighted by Crippen LogP contribution is -2.44. The number of imide groups is 1. The number of hydrogen-bond donors (Lipinski definition) is 2. The van der Waals surface area contributed by atoms with Crippen molar-refractivity contribution >= 4 is 33.6 Å². The first-order chi connectivity index (χ1) is 14.7. The number of rotatable bonds is 5. The van der Waals surface area contributed by atoms with Crippen molar-refractivity contribution in [2.75, 3.05) is 39.3 Å². The fourth-order valence-corrected chi connectivity index (χ4v) is 4.35. The van der Waals surface area contributed by atoms with E-state index < -0.39 is 0 Å². The Morgan fingerprint density at radius 2 is 1.97 bits per heavy atom. The van der Waals surface area contributed by atoms with Gasteiger partial charge in [0, 0.05) is 50.1 Å². The van der Waals surface area contributed by atoms with E-state index in [0.29, 0.717) is 19.4 Å². The zero-order chi connectivity index (χ0) is 20.5. The molecule has 2 saturated heterocycles. The molecule has 1 atom stereocenters. The number of carbonyl (C=O) groups is 2. The molecule has 0 unspecified atom stereocenters. The van der Waals surface area contributed by atoms with Crippen molar-refractivity contribution in [1.29, 1.82) is 0 Å². The summed E-state index contributed by atoms with van der Waals surface area (Å²) in [7, 11) is 0. The molecule has 2 amide bonds. The number of hydrogen-bond acceptors (Lipinski definition) is 6. The topological polar surface area (TPSA) is 83.8 Å². The van der Waals surface area contributed by atoms with Crippen molar-refractivity contribution in [3.05, 3.63) is 42.2 Å². The van der Waals surface area contributed by atoms with Crippen molar-refractivity contribution in [3.8, 4) is 5.75 Å². The Labute approximate surface area is 174 Å². The highest BCUT2D eigenvalue weighted by Crippen LogP contribution is 2.35. The first-order valence-corrected chi connectivity index (χ1v) is 10.5. The van der Waals surface area contributed by atoms with Gasteiger partial charge >= 0.3 is 0 Å². The summed E-state index contributed by atoms with van der Waals surface area (Å²) < 4.78 is 11.7. The van der Waals surface area contributed by atoms with Gasteiger partial charge in [-0.3, -0.25) is 19.8 Å². The monoisotopic (exact) mass is 407 g/mol. The predicted molar refractivity (Wildman–Crippen MR) is 114 cm³/mol. The molecule has 2 aromatic carbocycles. The average molecular weight is 407 g/mol. The Hall–Kier alpha value is -2.90. The SMILES string of the molecule is O=C1CC[C@H](c2coc3cc4ccc(OCCN5CCNCC5)cc4cc23)C(=O)N1. The molecule has 0 saturated carbocycles. The second-order valence-corrected chi connectivity index (χ2v) is 7.99. The Balaban J connectivity index is 1.37. The van der Waals surface area contributed by atoms with Crippen LogP contribution < -0.4 is 15.4 Å². The first kappa shape index (κ1) is 19.1. The molecule has 7 nitrogen and oxygen atoms in total. The van der Waals surface area contributed by atoms with Gasteiger partial charge in [-0.15, -0.1) is 0 Å². The van der Waals surface area contributed by atoms with Gasteiger partial charge in [0.15, 0.2) is 0 Å². The second kappa shape index (κ2) is 8.08. The zero-order valence-corrected chi connectivity index (χ0v) is 16.8. The quantitative estimate of drug-likeness (QED) is 0.632. The van der Waals surface area contributed by atoms with E-state index in [-0.39, 0.29) is 17.7 Å². The smallest absolute Gasteiger partial charge is 0.234 e. The van der Waals surface area contributed by atoms with E-state index >= 15 is 0 Å².